The average molecular weight is 220 g/mol. The molecule has 1 unspecified atom stereocenters. The van der Waals surface area contributed by atoms with E-state index in [1.54, 1.807) is 20.8 Å². The molecule has 5 N–H and O–H groups in total. The van der Waals surface area contributed by atoms with E-state index in [-0.39, 0.29) is 0 Å². The van der Waals surface area contributed by atoms with Crippen molar-refractivity contribution in [3.63, 3.8) is 0 Å². The van der Waals surface area contributed by atoms with Crippen LogP contribution in [0.3, 0.4) is 0 Å². The second-order valence-corrected chi connectivity index (χ2v) is 3.95. The van der Waals surface area contributed by atoms with E-state index in [2.05, 4.69) is 0 Å². The van der Waals surface area contributed by atoms with E-state index in [9.17, 15) is 10.2 Å². The number of rotatable bonds is 3. The number of hydrogen-bond donors (Lipinski definition) is 5. The lowest BCUT2D eigenvalue weighted by Crippen LogP contribution is -2.47. The fourth-order valence-electron chi connectivity index (χ4n) is 0.597. The molecule has 0 radical (unpaired) electrons. The monoisotopic (exact) mass is 220 g/mol. The molecule has 0 fully saturated rings. The first-order chi connectivity index (χ1) is 6.54. The maximum absolute atomic E-state index is 9.68. The van der Waals surface area contributed by atoms with Gasteiger partial charge in [-0.2, -0.15) is 0 Å². The van der Waals surface area contributed by atoms with E-state index in [1.807, 2.05) is 19.1 Å². The summed E-state index contributed by atoms with van der Waals surface area (Å²) in [6, 6.07) is 0. The zero-order chi connectivity index (χ0) is 12.7. The molecule has 0 heterocycles. The topological polar surface area (TPSA) is 101 Å². The largest absolute Gasteiger partial charge is 0.631 e. The Morgan fingerprint density at radius 2 is 1.40 bits per heavy atom. The SMILES string of the molecule is C/C=C/CC(C)(O)C(C)(C)O.OB(O)O. The molecular weight excluding hydrogens is 199 g/mol. The second kappa shape index (κ2) is 6.97. The van der Waals surface area contributed by atoms with Gasteiger partial charge >= 0.3 is 7.32 Å². The molecule has 0 aromatic carbocycles. The van der Waals surface area contributed by atoms with E-state index in [0.29, 0.717) is 6.42 Å². The molecule has 0 aromatic rings. The van der Waals surface area contributed by atoms with Gasteiger partial charge in [0.1, 0.15) is 0 Å². The van der Waals surface area contributed by atoms with Crippen molar-refractivity contribution in [3.05, 3.63) is 12.2 Å². The molecule has 0 aliphatic heterocycles. The van der Waals surface area contributed by atoms with Crippen molar-refractivity contribution in [2.24, 2.45) is 0 Å². The Morgan fingerprint density at radius 3 is 1.60 bits per heavy atom. The number of allylic oxidation sites excluding steroid dienone is 1. The molecule has 90 valence electrons. The third-order valence-electron chi connectivity index (χ3n) is 2.07. The van der Waals surface area contributed by atoms with Crippen molar-refractivity contribution < 1.29 is 25.3 Å². The molecule has 0 rings (SSSR count). The molecule has 0 spiro atoms. The Bertz CT molecular complexity index is 181. The van der Waals surface area contributed by atoms with Crippen LogP contribution >= 0.6 is 0 Å². The van der Waals surface area contributed by atoms with Crippen LogP contribution in [0.2, 0.25) is 0 Å². The van der Waals surface area contributed by atoms with Crippen molar-refractivity contribution in [2.45, 2.75) is 45.3 Å². The third kappa shape index (κ3) is 9.90. The molecule has 15 heavy (non-hydrogen) atoms. The van der Waals surface area contributed by atoms with Gasteiger partial charge in [0.15, 0.2) is 0 Å². The minimum Gasteiger partial charge on any atom is -0.402 e. The summed E-state index contributed by atoms with van der Waals surface area (Å²) in [6.07, 6.45) is 4.19. The van der Waals surface area contributed by atoms with Gasteiger partial charge in [-0.25, -0.2) is 0 Å². The first kappa shape index (κ1) is 17.0. The Labute approximate surface area is 90.9 Å². The van der Waals surface area contributed by atoms with Crippen LogP contribution in [0.25, 0.3) is 0 Å². The molecule has 5 nitrogen and oxygen atoms in total. The average Bonchev–Trinajstić information content (AvgIpc) is 1.97. The van der Waals surface area contributed by atoms with Gasteiger partial charge in [0, 0.05) is 0 Å². The van der Waals surface area contributed by atoms with Crippen LogP contribution in [0.15, 0.2) is 12.2 Å². The zero-order valence-electron chi connectivity index (χ0n) is 9.68. The smallest absolute Gasteiger partial charge is 0.402 e. The predicted molar refractivity (Wildman–Crippen MR) is 58.8 cm³/mol. The molecule has 0 aliphatic rings. The summed E-state index contributed by atoms with van der Waals surface area (Å²) in [7, 11) is -2.17. The Morgan fingerprint density at radius 1 is 1.07 bits per heavy atom. The quantitative estimate of drug-likeness (QED) is 0.323. The lowest BCUT2D eigenvalue weighted by molar-refractivity contribution is -0.117. The van der Waals surface area contributed by atoms with Crippen LogP contribution in [-0.4, -0.2) is 43.8 Å². The molecule has 0 amide bonds. The van der Waals surface area contributed by atoms with Gasteiger partial charge in [-0.15, -0.1) is 0 Å². The van der Waals surface area contributed by atoms with E-state index < -0.39 is 18.5 Å². The Balaban J connectivity index is 0. The van der Waals surface area contributed by atoms with Crippen LogP contribution in [-0.2, 0) is 0 Å². The molecule has 6 heteroatoms. The number of hydrogen-bond acceptors (Lipinski definition) is 5. The molecule has 0 aromatic heterocycles. The van der Waals surface area contributed by atoms with Crippen LogP contribution in [0.5, 0.6) is 0 Å². The highest BCUT2D eigenvalue weighted by atomic mass is 16.5. The van der Waals surface area contributed by atoms with Gasteiger partial charge in [0.05, 0.1) is 11.2 Å². The normalized spacial score (nSPS) is 15.5. The maximum atomic E-state index is 9.68. The minimum absolute atomic E-state index is 0.479. The van der Waals surface area contributed by atoms with Crippen LogP contribution in [0.4, 0.5) is 0 Å². The fraction of sp³-hybridized carbons (Fsp3) is 0.778. The molecule has 1 atom stereocenters. The lowest BCUT2D eigenvalue weighted by Gasteiger charge is -2.34. The molecule has 0 saturated carbocycles. The standard InChI is InChI=1S/C9H18O2.BH3O3/c1-5-6-7-9(4,11)8(2,3)10;2-1(3)4/h5-6,10-11H,7H2,1-4H3;2-4H/b6-5+;. The Kier molecular flexibility index (Phi) is 7.91. The highest BCUT2D eigenvalue weighted by Crippen LogP contribution is 2.24. The zero-order valence-corrected chi connectivity index (χ0v) is 9.68. The van der Waals surface area contributed by atoms with E-state index in [4.69, 9.17) is 15.1 Å². The third-order valence-corrected chi connectivity index (χ3v) is 2.07. The first-order valence-corrected chi connectivity index (χ1v) is 4.64. The van der Waals surface area contributed by atoms with E-state index in [1.165, 1.54) is 0 Å². The van der Waals surface area contributed by atoms with Crippen molar-refractivity contribution in [1.82, 2.24) is 0 Å². The highest BCUT2D eigenvalue weighted by molar-refractivity contribution is 6.30. The summed E-state index contributed by atoms with van der Waals surface area (Å²) in [4.78, 5) is 0. The first-order valence-electron chi connectivity index (χ1n) is 4.64. The predicted octanol–water partition coefficient (Wildman–Crippen LogP) is -0.577. The molecule has 0 aliphatic carbocycles. The molecule has 0 saturated heterocycles. The second-order valence-electron chi connectivity index (χ2n) is 3.95. The summed E-state index contributed by atoms with van der Waals surface area (Å²) in [6.45, 7) is 6.74. The van der Waals surface area contributed by atoms with Crippen molar-refractivity contribution >= 4 is 7.32 Å². The van der Waals surface area contributed by atoms with E-state index >= 15 is 0 Å². The molecule has 0 bridgehead atoms. The van der Waals surface area contributed by atoms with Crippen molar-refractivity contribution in [1.29, 1.82) is 0 Å². The summed E-state index contributed by atoms with van der Waals surface area (Å²) >= 11 is 0. The molecular formula is C9H21BO5. The lowest BCUT2D eigenvalue weighted by atomic mass is 9.85. The van der Waals surface area contributed by atoms with Gasteiger partial charge in [0.2, 0.25) is 0 Å². The van der Waals surface area contributed by atoms with Gasteiger partial charge in [-0.3, -0.25) is 0 Å². The van der Waals surface area contributed by atoms with Crippen molar-refractivity contribution in [2.75, 3.05) is 0 Å². The van der Waals surface area contributed by atoms with Crippen LogP contribution in [0.1, 0.15) is 34.1 Å². The van der Waals surface area contributed by atoms with Gasteiger partial charge in [-0.1, -0.05) is 12.2 Å². The summed E-state index contributed by atoms with van der Waals surface area (Å²) in [5, 5.41) is 40.7. The van der Waals surface area contributed by atoms with Gasteiger partial charge in [0.25, 0.3) is 0 Å². The maximum Gasteiger partial charge on any atom is 0.631 e. The number of aliphatic hydroxyl groups is 2. The summed E-state index contributed by atoms with van der Waals surface area (Å²) < 4.78 is 0. The summed E-state index contributed by atoms with van der Waals surface area (Å²) in [5.74, 6) is 0. The summed E-state index contributed by atoms with van der Waals surface area (Å²) in [5.41, 5.74) is -2.09. The van der Waals surface area contributed by atoms with Crippen LogP contribution in [0, 0.1) is 0 Å². The van der Waals surface area contributed by atoms with Crippen molar-refractivity contribution in [3.8, 4) is 0 Å². The van der Waals surface area contributed by atoms with E-state index in [0.717, 1.165) is 0 Å². The van der Waals surface area contributed by atoms with Crippen LogP contribution < -0.4 is 0 Å². The minimum atomic E-state index is -2.17. The highest BCUT2D eigenvalue weighted by Gasteiger charge is 2.35. The fourth-order valence-corrected chi connectivity index (χ4v) is 0.597. The Hall–Kier alpha value is -0.395. The van der Waals surface area contributed by atoms with Gasteiger partial charge in [-0.05, 0) is 34.1 Å². The van der Waals surface area contributed by atoms with Gasteiger partial charge < -0.3 is 25.3 Å².